The number of rotatable bonds is 1. The van der Waals surface area contributed by atoms with E-state index in [9.17, 15) is 14.0 Å². The van der Waals surface area contributed by atoms with E-state index in [1.807, 2.05) is 0 Å². The molecular formula is C3H4FNO2. The van der Waals surface area contributed by atoms with Crippen LogP contribution in [0.3, 0.4) is 0 Å². The van der Waals surface area contributed by atoms with Crippen molar-refractivity contribution in [1.29, 1.82) is 0 Å². The largest absolute Gasteiger partial charge is 0.406 e. The molecule has 0 bridgehead atoms. The highest BCUT2D eigenvalue weighted by Gasteiger charge is 2.00. The van der Waals surface area contributed by atoms with E-state index in [-0.39, 0.29) is 6.41 Å². The van der Waals surface area contributed by atoms with Crippen LogP contribution in [-0.2, 0) is 4.79 Å². The Morgan fingerprint density at radius 3 is 2.29 bits per heavy atom. The highest BCUT2D eigenvalue weighted by atomic mass is 19.1. The molecule has 0 aromatic carbocycles. The molecule has 0 N–H and O–H groups in total. The van der Waals surface area contributed by atoms with Gasteiger partial charge in [-0.2, -0.15) is 0 Å². The van der Waals surface area contributed by atoms with E-state index < -0.39 is 6.16 Å². The summed E-state index contributed by atoms with van der Waals surface area (Å²) in [7, 11) is 1.04. The van der Waals surface area contributed by atoms with Crippen molar-refractivity contribution in [3.8, 4) is 0 Å². The maximum atomic E-state index is 11.2. The lowest BCUT2D eigenvalue weighted by molar-refractivity contribution is -0.115. The van der Waals surface area contributed by atoms with Gasteiger partial charge in [0.25, 0.3) is 0 Å². The molecule has 40 valence electrons. The molecule has 0 aromatic rings. The van der Waals surface area contributed by atoms with Crippen molar-refractivity contribution in [2.24, 2.45) is 0 Å². The second kappa shape index (κ2) is 2.28. The lowest BCUT2D eigenvalue weighted by Gasteiger charge is -1.96. The van der Waals surface area contributed by atoms with E-state index in [1.54, 1.807) is 0 Å². The van der Waals surface area contributed by atoms with Gasteiger partial charge in [-0.15, -0.1) is 4.39 Å². The SMILES string of the molecule is CN(C=O)C(=O)F. The maximum Gasteiger partial charge on any atom is 0.406 e. The second-order valence-electron chi connectivity index (χ2n) is 0.969. The maximum absolute atomic E-state index is 11.2. The summed E-state index contributed by atoms with van der Waals surface area (Å²) in [4.78, 5) is 19.1. The van der Waals surface area contributed by atoms with Crippen molar-refractivity contribution in [3.05, 3.63) is 0 Å². The quantitative estimate of drug-likeness (QED) is 0.270. The molecule has 0 aromatic heterocycles. The molecule has 0 aliphatic heterocycles. The summed E-state index contributed by atoms with van der Waals surface area (Å²) in [5.74, 6) is 0. The molecule has 0 atom stereocenters. The van der Waals surface area contributed by atoms with Gasteiger partial charge < -0.3 is 0 Å². The van der Waals surface area contributed by atoms with Crippen LogP contribution >= 0.6 is 0 Å². The number of halogens is 1. The minimum atomic E-state index is -1.74. The molecule has 0 aliphatic rings. The second-order valence-corrected chi connectivity index (χ2v) is 0.969. The molecule has 7 heavy (non-hydrogen) atoms. The average molecular weight is 105 g/mol. The topological polar surface area (TPSA) is 37.4 Å². The zero-order valence-electron chi connectivity index (χ0n) is 3.72. The standard InChI is InChI=1S/C3H4FNO2/c1-5(2-6)3(4)7/h2H,1H3. The van der Waals surface area contributed by atoms with Crippen LogP contribution < -0.4 is 0 Å². The highest BCUT2D eigenvalue weighted by molar-refractivity contribution is 5.78. The molecule has 0 radical (unpaired) electrons. The van der Waals surface area contributed by atoms with Crippen LogP contribution in [0.25, 0.3) is 0 Å². The first-order valence-electron chi connectivity index (χ1n) is 1.56. The first kappa shape index (κ1) is 6.07. The number of amides is 2. The van der Waals surface area contributed by atoms with Crippen molar-refractivity contribution in [2.45, 2.75) is 0 Å². The van der Waals surface area contributed by atoms with Gasteiger partial charge in [-0.1, -0.05) is 0 Å². The van der Waals surface area contributed by atoms with Gasteiger partial charge >= 0.3 is 6.16 Å². The Kier molecular flexibility index (Phi) is 1.98. The average Bonchev–Trinajstić information content (AvgIpc) is 1.65. The van der Waals surface area contributed by atoms with Crippen LogP contribution in [0.5, 0.6) is 0 Å². The normalized spacial score (nSPS) is 7.71. The Morgan fingerprint density at radius 1 is 1.86 bits per heavy atom. The fourth-order valence-corrected chi connectivity index (χ4v) is 0.0414. The van der Waals surface area contributed by atoms with Crippen LogP contribution in [0.4, 0.5) is 9.18 Å². The van der Waals surface area contributed by atoms with Gasteiger partial charge in [0.15, 0.2) is 0 Å². The van der Waals surface area contributed by atoms with Gasteiger partial charge in [-0.05, 0) is 0 Å². The van der Waals surface area contributed by atoms with Crippen molar-refractivity contribution in [2.75, 3.05) is 7.05 Å². The lowest BCUT2D eigenvalue weighted by atomic mass is 10.9. The predicted octanol–water partition coefficient (Wildman–Crippen LogP) is 0.164. The third kappa shape index (κ3) is 1.86. The number of hydrogen-bond donors (Lipinski definition) is 0. The molecule has 3 nitrogen and oxygen atoms in total. The Balaban J connectivity index is 3.55. The number of carbonyl (C=O) groups excluding carboxylic acids is 2. The smallest absolute Gasteiger partial charge is 0.278 e. The van der Waals surface area contributed by atoms with E-state index in [0.29, 0.717) is 4.90 Å². The number of nitrogens with zero attached hydrogens (tertiary/aromatic N) is 1. The number of imide groups is 1. The Morgan fingerprint density at radius 2 is 2.29 bits per heavy atom. The monoisotopic (exact) mass is 105 g/mol. The third-order valence-electron chi connectivity index (χ3n) is 0.435. The molecule has 0 unspecified atom stereocenters. The zero-order valence-corrected chi connectivity index (χ0v) is 3.72. The van der Waals surface area contributed by atoms with Gasteiger partial charge in [0.2, 0.25) is 6.41 Å². The summed E-state index contributed by atoms with van der Waals surface area (Å²) >= 11 is 0. The number of carbonyl (C=O) groups is 2. The molecule has 4 heteroatoms. The van der Waals surface area contributed by atoms with E-state index in [2.05, 4.69) is 0 Å². The van der Waals surface area contributed by atoms with Gasteiger partial charge in [0.1, 0.15) is 0 Å². The highest BCUT2D eigenvalue weighted by Crippen LogP contribution is 1.79. The van der Waals surface area contributed by atoms with Crippen LogP contribution in [-0.4, -0.2) is 24.5 Å². The molecule has 0 heterocycles. The van der Waals surface area contributed by atoms with Crippen molar-refractivity contribution >= 4 is 12.6 Å². The summed E-state index contributed by atoms with van der Waals surface area (Å²) in [6.07, 6.45) is -1.64. The molecule has 2 amide bonds. The minimum Gasteiger partial charge on any atom is -0.278 e. The van der Waals surface area contributed by atoms with E-state index in [1.165, 1.54) is 0 Å². The van der Waals surface area contributed by atoms with Crippen molar-refractivity contribution in [3.63, 3.8) is 0 Å². The van der Waals surface area contributed by atoms with E-state index in [4.69, 9.17) is 0 Å². The van der Waals surface area contributed by atoms with Gasteiger partial charge in [-0.25, -0.2) is 4.79 Å². The Labute approximate surface area is 39.7 Å². The summed E-state index contributed by atoms with van der Waals surface area (Å²) in [5, 5.41) is 0. The van der Waals surface area contributed by atoms with Gasteiger partial charge in [0.05, 0.1) is 0 Å². The first-order valence-corrected chi connectivity index (χ1v) is 1.56. The van der Waals surface area contributed by atoms with E-state index >= 15 is 0 Å². The summed E-state index contributed by atoms with van der Waals surface area (Å²) in [5.41, 5.74) is 0. The van der Waals surface area contributed by atoms with Crippen LogP contribution in [0.15, 0.2) is 0 Å². The first-order chi connectivity index (χ1) is 3.18. The van der Waals surface area contributed by atoms with Crippen molar-refractivity contribution in [1.82, 2.24) is 4.90 Å². The minimum absolute atomic E-state index is 0.0995. The van der Waals surface area contributed by atoms with Crippen molar-refractivity contribution < 1.29 is 14.0 Å². The molecule has 0 rings (SSSR count). The summed E-state index contributed by atoms with van der Waals surface area (Å²) in [6.45, 7) is 0. The molecule has 0 fully saturated rings. The Hall–Kier alpha value is -0.930. The fraction of sp³-hybridized carbons (Fsp3) is 0.333. The third-order valence-corrected chi connectivity index (χ3v) is 0.435. The Bertz CT molecular complexity index is 92.9. The van der Waals surface area contributed by atoms with Crippen LogP contribution in [0.2, 0.25) is 0 Å². The predicted molar refractivity (Wildman–Crippen MR) is 20.3 cm³/mol. The van der Waals surface area contributed by atoms with Crippen LogP contribution in [0.1, 0.15) is 0 Å². The van der Waals surface area contributed by atoms with E-state index in [0.717, 1.165) is 7.05 Å². The summed E-state index contributed by atoms with van der Waals surface area (Å²) < 4.78 is 11.2. The fourth-order valence-electron chi connectivity index (χ4n) is 0.0414. The zero-order chi connectivity index (χ0) is 5.86. The molecule has 0 aliphatic carbocycles. The number of hydrogen-bond acceptors (Lipinski definition) is 2. The molecule has 0 saturated heterocycles. The molecular weight excluding hydrogens is 101 g/mol. The summed E-state index contributed by atoms with van der Waals surface area (Å²) in [6, 6.07) is 0. The lowest BCUT2D eigenvalue weighted by Crippen LogP contribution is -2.18. The molecule has 0 spiro atoms. The van der Waals surface area contributed by atoms with Gasteiger partial charge in [-0.3, -0.25) is 9.69 Å². The van der Waals surface area contributed by atoms with Gasteiger partial charge in [0, 0.05) is 7.05 Å². The van der Waals surface area contributed by atoms with Crippen LogP contribution in [0, 0.1) is 0 Å². The molecule has 0 saturated carbocycles.